The monoisotopic (exact) mass is 631 g/mol. The molecular formula is C39H42BNO6. The van der Waals surface area contributed by atoms with Gasteiger partial charge in [-0.1, -0.05) is 86.0 Å². The van der Waals surface area contributed by atoms with Crippen molar-refractivity contribution in [1.29, 1.82) is 0 Å². The van der Waals surface area contributed by atoms with Crippen LogP contribution in [0.4, 0.5) is 0 Å². The fourth-order valence-electron chi connectivity index (χ4n) is 8.36. The van der Waals surface area contributed by atoms with E-state index < -0.39 is 25.1 Å². The highest BCUT2D eigenvalue weighted by Crippen LogP contribution is 2.51. The van der Waals surface area contributed by atoms with Gasteiger partial charge in [0.05, 0.1) is 17.9 Å². The first-order valence-corrected chi connectivity index (χ1v) is 17.1. The van der Waals surface area contributed by atoms with Gasteiger partial charge in [0.1, 0.15) is 18.1 Å². The van der Waals surface area contributed by atoms with Crippen LogP contribution in [0.1, 0.15) is 62.5 Å². The molecule has 3 aromatic carbocycles. The van der Waals surface area contributed by atoms with Gasteiger partial charge in [-0.25, -0.2) is 0 Å². The maximum atomic E-state index is 14.2. The van der Waals surface area contributed by atoms with Crippen LogP contribution in [0.25, 0.3) is 11.6 Å². The van der Waals surface area contributed by atoms with Crippen molar-refractivity contribution in [3.63, 3.8) is 0 Å². The quantitative estimate of drug-likeness (QED) is 0.115. The molecule has 2 heterocycles. The number of amides is 2. The molecule has 8 heteroatoms. The molecule has 0 unspecified atom stereocenters. The number of carbonyl (C=O) groups excluding carboxylic acids is 2. The minimum absolute atomic E-state index is 0.0293. The van der Waals surface area contributed by atoms with Crippen molar-refractivity contribution < 1.29 is 29.1 Å². The van der Waals surface area contributed by atoms with E-state index in [0.717, 1.165) is 65.7 Å². The second-order valence-corrected chi connectivity index (χ2v) is 13.4. The summed E-state index contributed by atoms with van der Waals surface area (Å²) in [5.41, 5.74) is 5.05. The van der Waals surface area contributed by atoms with Gasteiger partial charge in [0, 0.05) is 6.04 Å². The SMILES string of the molecule is O=C1[C@@H]2[C@@H](CC(COc3ccccc3)=C3[C@@H](CC/C(=C/c4cccc(O)c4)c4ccccc4)OB(O)C[C@@H]32)C(=O)N1C1CCCCC1. The zero-order valence-electron chi connectivity index (χ0n) is 26.7. The number of para-hydroxylation sites is 1. The highest BCUT2D eigenvalue weighted by atomic mass is 16.5. The third-order valence-electron chi connectivity index (χ3n) is 10.5. The molecule has 2 aliphatic carbocycles. The van der Waals surface area contributed by atoms with E-state index in [1.807, 2.05) is 60.7 Å². The maximum Gasteiger partial charge on any atom is 0.455 e. The van der Waals surface area contributed by atoms with Crippen LogP contribution in [0.3, 0.4) is 0 Å². The summed E-state index contributed by atoms with van der Waals surface area (Å²) in [7, 11) is -1.04. The Hall–Kier alpha value is -4.14. The van der Waals surface area contributed by atoms with Crippen molar-refractivity contribution in [3.8, 4) is 11.5 Å². The average Bonchev–Trinajstić information content (AvgIpc) is 3.35. The van der Waals surface area contributed by atoms with E-state index in [0.29, 0.717) is 25.9 Å². The van der Waals surface area contributed by atoms with Crippen molar-refractivity contribution in [2.45, 2.75) is 69.8 Å². The van der Waals surface area contributed by atoms with Gasteiger partial charge in [-0.3, -0.25) is 14.5 Å². The average molecular weight is 632 g/mol. The summed E-state index contributed by atoms with van der Waals surface area (Å²) < 4.78 is 12.6. The van der Waals surface area contributed by atoms with Crippen molar-refractivity contribution in [3.05, 3.63) is 107 Å². The number of benzene rings is 3. The molecule has 4 aliphatic rings. The minimum Gasteiger partial charge on any atom is -0.508 e. The van der Waals surface area contributed by atoms with Gasteiger partial charge in [-0.2, -0.15) is 0 Å². The summed E-state index contributed by atoms with van der Waals surface area (Å²) in [5.74, 6) is -0.403. The number of ether oxygens (including phenoxy) is 1. The van der Waals surface area contributed by atoms with Gasteiger partial charge in [0.15, 0.2) is 0 Å². The Morgan fingerprint density at radius 2 is 1.66 bits per heavy atom. The summed E-state index contributed by atoms with van der Waals surface area (Å²) in [5, 5.41) is 21.2. The summed E-state index contributed by atoms with van der Waals surface area (Å²) in [6.45, 7) is 0.296. The highest BCUT2D eigenvalue weighted by Gasteiger charge is 2.58. The molecule has 2 N–H and O–H groups in total. The lowest BCUT2D eigenvalue weighted by atomic mass is 9.58. The Morgan fingerprint density at radius 1 is 0.915 bits per heavy atom. The van der Waals surface area contributed by atoms with E-state index in [4.69, 9.17) is 9.39 Å². The third kappa shape index (κ3) is 6.67. The predicted octanol–water partition coefficient (Wildman–Crippen LogP) is 6.92. The lowest BCUT2D eigenvalue weighted by Crippen LogP contribution is -2.47. The van der Waals surface area contributed by atoms with Crippen molar-refractivity contribution in [2.24, 2.45) is 17.8 Å². The van der Waals surface area contributed by atoms with E-state index in [-0.39, 0.29) is 35.8 Å². The number of hydrogen-bond donors (Lipinski definition) is 2. The number of likely N-dealkylation sites (tertiary alicyclic amines) is 1. The van der Waals surface area contributed by atoms with Crippen LogP contribution in [0, 0.1) is 17.8 Å². The molecular weight excluding hydrogens is 589 g/mol. The van der Waals surface area contributed by atoms with Crippen LogP contribution < -0.4 is 4.74 Å². The van der Waals surface area contributed by atoms with Crippen molar-refractivity contribution in [2.75, 3.05) is 6.61 Å². The summed E-state index contributed by atoms with van der Waals surface area (Å²) in [6, 6.07) is 26.9. The molecule has 7 rings (SSSR count). The molecule has 7 nitrogen and oxygen atoms in total. The van der Waals surface area contributed by atoms with E-state index in [2.05, 4.69) is 18.2 Å². The van der Waals surface area contributed by atoms with Crippen molar-refractivity contribution >= 4 is 30.6 Å². The number of allylic oxidation sites excluding steroid dienone is 1. The Kier molecular flexibility index (Phi) is 9.32. The number of phenols is 1. The first kappa shape index (κ1) is 31.5. The number of hydrogen-bond acceptors (Lipinski definition) is 6. The predicted molar refractivity (Wildman–Crippen MR) is 182 cm³/mol. The summed E-state index contributed by atoms with van der Waals surface area (Å²) >= 11 is 0. The van der Waals surface area contributed by atoms with Gasteiger partial charge in [0.2, 0.25) is 11.8 Å². The first-order chi connectivity index (χ1) is 23.0. The van der Waals surface area contributed by atoms with Crippen LogP contribution in [0.5, 0.6) is 11.5 Å². The van der Waals surface area contributed by atoms with E-state index in [1.165, 1.54) is 0 Å². The molecule has 2 aliphatic heterocycles. The third-order valence-corrected chi connectivity index (χ3v) is 10.5. The van der Waals surface area contributed by atoms with Crippen LogP contribution in [-0.4, -0.2) is 52.7 Å². The second kappa shape index (κ2) is 13.9. The first-order valence-electron chi connectivity index (χ1n) is 17.1. The van der Waals surface area contributed by atoms with Gasteiger partial charge in [0.25, 0.3) is 0 Å². The minimum atomic E-state index is -1.04. The zero-order chi connectivity index (χ0) is 32.3. The molecule has 0 bridgehead atoms. The number of phenolic OH excluding ortho intramolecular Hbond substituents is 1. The number of nitrogens with zero attached hydrogens (tertiary/aromatic N) is 1. The van der Waals surface area contributed by atoms with Crippen LogP contribution >= 0.6 is 0 Å². The molecule has 3 fully saturated rings. The molecule has 1 saturated carbocycles. The van der Waals surface area contributed by atoms with Gasteiger partial charge < -0.3 is 19.5 Å². The normalized spacial score (nSPS) is 25.2. The lowest BCUT2D eigenvalue weighted by Gasteiger charge is -2.43. The molecule has 2 amide bonds. The maximum absolute atomic E-state index is 14.2. The fourth-order valence-corrected chi connectivity index (χ4v) is 8.36. The molecule has 0 radical (unpaired) electrons. The standard InChI is InChI=1S/C39H42BNO6/c42-31-16-10-11-26(22-31)21-28(27-12-4-1-5-13-27)19-20-35-36-29(25-46-32-17-8-3-9-18-32)23-33-37(34(36)24-40(45)47-35)39(44)41(38(33)43)30-14-6-2-7-15-30/h1,3-5,8-13,16-18,21-22,30,33-35,37,42,45H,2,6-7,14-15,19-20,23-25H2/b28-21-/t33-,34+,35-,37-/m1/s1. The molecule has 0 spiro atoms. The Bertz CT molecular complexity index is 1650. The van der Waals surface area contributed by atoms with Gasteiger partial charge in [-0.15, -0.1) is 0 Å². The van der Waals surface area contributed by atoms with Crippen molar-refractivity contribution in [1.82, 2.24) is 4.90 Å². The number of aromatic hydroxyl groups is 1. The largest absolute Gasteiger partial charge is 0.508 e. The molecule has 242 valence electrons. The molecule has 2 saturated heterocycles. The number of carbonyl (C=O) groups is 2. The molecule has 0 aromatic heterocycles. The Balaban J connectivity index is 1.22. The summed E-state index contributed by atoms with van der Waals surface area (Å²) in [6.07, 6.45) is 8.54. The van der Waals surface area contributed by atoms with Crippen LogP contribution in [0.15, 0.2) is 96.1 Å². The van der Waals surface area contributed by atoms with Crippen LogP contribution in [-0.2, 0) is 14.2 Å². The smallest absolute Gasteiger partial charge is 0.455 e. The van der Waals surface area contributed by atoms with Gasteiger partial charge in [-0.05, 0) is 96.5 Å². The number of rotatable bonds is 9. The lowest BCUT2D eigenvalue weighted by molar-refractivity contribution is -0.143. The molecule has 47 heavy (non-hydrogen) atoms. The molecule has 3 aromatic rings. The molecule has 4 atom stereocenters. The topological polar surface area (TPSA) is 96.3 Å². The van der Waals surface area contributed by atoms with E-state index in [9.17, 15) is 19.7 Å². The highest BCUT2D eigenvalue weighted by molar-refractivity contribution is 6.43. The van der Waals surface area contributed by atoms with Gasteiger partial charge >= 0.3 is 7.12 Å². The summed E-state index contributed by atoms with van der Waals surface area (Å²) in [4.78, 5) is 29.8. The van der Waals surface area contributed by atoms with E-state index >= 15 is 0 Å². The Labute approximate surface area is 277 Å². The number of imide groups is 1. The second-order valence-electron chi connectivity index (χ2n) is 13.4. The fraction of sp³-hybridized carbons (Fsp3) is 0.385. The van der Waals surface area contributed by atoms with Crippen LogP contribution in [0.2, 0.25) is 6.32 Å². The Morgan fingerprint density at radius 3 is 2.40 bits per heavy atom. The zero-order valence-corrected chi connectivity index (χ0v) is 26.7. The number of fused-ring (bicyclic) bond motifs is 3. The van der Waals surface area contributed by atoms with E-state index in [1.54, 1.807) is 17.0 Å².